The second-order valence-corrected chi connectivity index (χ2v) is 7.37. The Morgan fingerprint density at radius 1 is 0.926 bits per heavy atom. The predicted molar refractivity (Wildman–Crippen MR) is 111 cm³/mol. The molecule has 0 saturated carbocycles. The summed E-state index contributed by atoms with van der Waals surface area (Å²) in [7, 11) is 0. The molecular formula is C21H15Cl3N2O. The summed E-state index contributed by atoms with van der Waals surface area (Å²) in [5, 5.41) is 3.38. The molecule has 3 nitrogen and oxygen atoms in total. The quantitative estimate of drug-likeness (QED) is 0.333. The SMILES string of the molecule is Clc1cc(OC(Cn2ccnc2)c2ccc3ccccc3c2)cc(Cl)c1Cl. The molecule has 27 heavy (non-hydrogen) atoms. The molecule has 6 heteroatoms. The number of hydrogen-bond acceptors (Lipinski definition) is 2. The lowest BCUT2D eigenvalue weighted by Gasteiger charge is -2.21. The highest BCUT2D eigenvalue weighted by molar-refractivity contribution is 6.48. The summed E-state index contributed by atoms with van der Waals surface area (Å²) in [4.78, 5) is 4.11. The molecule has 0 aliphatic carbocycles. The summed E-state index contributed by atoms with van der Waals surface area (Å²) in [6.07, 6.45) is 5.16. The second kappa shape index (κ2) is 7.81. The Bertz CT molecular complexity index is 1060. The van der Waals surface area contributed by atoms with Crippen LogP contribution < -0.4 is 4.74 Å². The third-order valence-electron chi connectivity index (χ3n) is 4.32. The molecular weight excluding hydrogens is 403 g/mol. The van der Waals surface area contributed by atoms with Gasteiger partial charge in [0.1, 0.15) is 11.9 Å². The van der Waals surface area contributed by atoms with E-state index >= 15 is 0 Å². The topological polar surface area (TPSA) is 27.1 Å². The molecule has 0 saturated heterocycles. The number of aromatic nitrogens is 2. The van der Waals surface area contributed by atoms with E-state index in [2.05, 4.69) is 35.3 Å². The van der Waals surface area contributed by atoms with Gasteiger partial charge in [-0.3, -0.25) is 0 Å². The van der Waals surface area contributed by atoms with Gasteiger partial charge in [-0.25, -0.2) is 4.98 Å². The van der Waals surface area contributed by atoms with E-state index in [1.807, 2.05) is 22.9 Å². The Hall–Kier alpha value is -2.20. The van der Waals surface area contributed by atoms with E-state index in [0.717, 1.165) is 10.9 Å². The molecule has 0 fully saturated rings. The summed E-state index contributed by atoms with van der Waals surface area (Å²) >= 11 is 18.4. The monoisotopic (exact) mass is 416 g/mol. The van der Waals surface area contributed by atoms with Gasteiger partial charge < -0.3 is 9.30 Å². The molecule has 0 aliphatic rings. The molecule has 0 aliphatic heterocycles. The maximum Gasteiger partial charge on any atom is 0.142 e. The first-order chi connectivity index (χ1) is 13.1. The zero-order valence-electron chi connectivity index (χ0n) is 14.1. The average molecular weight is 418 g/mol. The van der Waals surface area contributed by atoms with Crippen LogP contribution in [0.25, 0.3) is 10.8 Å². The lowest BCUT2D eigenvalue weighted by atomic mass is 10.0. The van der Waals surface area contributed by atoms with Crippen LogP contribution in [-0.2, 0) is 6.54 Å². The molecule has 1 heterocycles. The highest BCUT2D eigenvalue weighted by Gasteiger charge is 2.17. The molecule has 136 valence electrons. The van der Waals surface area contributed by atoms with Gasteiger partial charge in [0.2, 0.25) is 0 Å². The smallest absolute Gasteiger partial charge is 0.142 e. The zero-order valence-corrected chi connectivity index (χ0v) is 16.4. The minimum absolute atomic E-state index is 0.253. The predicted octanol–water partition coefficient (Wildman–Crippen LogP) is 6.82. The van der Waals surface area contributed by atoms with Gasteiger partial charge in [-0.2, -0.15) is 0 Å². The molecule has 1 atom stereocenters. The largest absolute Gasteiger partial charge is 0.484 e. The maximum absolute atomic E-state index is 6.26. The van der Waals surface area contributed by atoms with Crippen LogP contribution in [0.15, 0.2) is 73.3 Å². The molecule has 4 aromatic rings. The van der Waals surface area contributed by atoms with E-state index < -0.39 is 0 Å². The van der Waals surface area contributed by atoms with E-state index in [4.69, 9.17) is 39.5 Å². The average Bonchev–Trinajstić information content (AvgIpc) is 3.18. The van der Waals surface area contributed by atoms with E-state index in [1.54, 1.807) is 24.7 Å². The Morgan fingerprint density at radius 2 is 1.67 bits per heavy atom. The molecule has 1 aromatic heterocycles. The highest BCUT2D eigenvalue weighted by Crippen LogP contribution is 2.36. The third kappa shape index (κ3) is 4.06. The van der Waals surface area contributed by atoms with E-state index in [1.165, 1.54) is 5.39 Å². The first-order valence-electron chi connectivity index (χ1n) is 8.36. The second-order valence-electron chi connectivity index (χ2n) is 6.17. The van der Waals surface area contributed by atoms with Crippen molar-refractivity contribution in [3.63, 3.8) is 0 Å². The molecule has 0 spiro atoms. The van der Waals surface area contributed by atoms with Crippen molar-refractivity contribution in [2.75, 3.05) is 0 Å². The maximum atomic E-state index is 6.26. The number of fused-ring (bicyclic) bond motifs is 1. The molecule has 0 radical (unpaired) electrons. The molecule has 0 N–H and O–H groups in total. The molecule has 4 rings (SSSR count). The van der Waals surface area contributed by atoms with Crippen molar-refractivity contribution < 1.29 is 4.74 Å². The van der Waals surface area contributed by atoms with Crippen molar-refractivity contribution in [3.05, 3.63) is 93.9 Å². The number of imidazole rings is 1. The zero-order chi connectivity index (χ0) is 18.8. The van der Waals surface area contributed by atoms with Gasteiger partial charge in [-0.05, 0) is 22.4 Å². The van der Waals surface area contributed by atoms with Gasteiger partial charge in [0.15, 0.2) is 0 Å². The molecule has 0 amide bonds. The van der Waals surface area contributed by atoms with Crippen LogP contribution in [0.1, 0.15) is 11.7 Å². The minimum atomic E-state index is -0.253. The van der Waals surface area contributed by atoms with Crippen molar-refractivity contribution in [1.82, 2.24) is 9.55 Å². The summed E-state index contributed by atoms with van der Waals surface area (Å²) in [6, 6.07) is 17.9. The van der Waals surface area contributed by atoms with E-state index in [-0.39, 0.29) is 6.10 Å². The van der Waals surface area contributed by atoms with Crippen molar-refractivity contribution in [1.29, 1.82) is 0 Å². The van der Waals surface area contributed by atoms with Gasteiger partial charge in [-0.1, -0.05) is 71.2 Å². The van der Waals surface area contributed by atoms with Crippen LogP contribution in [0, 0.1) is 0 Å². The Balaban J connectivity index is 1.71. The minimum Gasteiger partial charge on any atom is -0.484 e. The summed E-state index contributed by atoms with van der Waals surface area (Å²) in [5.41, 5.74) is 1.05. The van der Waals surface area contributed by atoms with Gasteiger partial charge >= 0.3 is 0 Å². The number of rotatable bonds is 5. The third-order valence-corrected chi connectivity index (χ3v) is 5.51. The van der Waals surface area contributed by atoms with Crippen LogP contribution in [0.5, 0.6) is 5.75 Å². The summed E-state index contributed by atoms with van der Waals surface area (Å²) in [6.45, 7) is 0.593. The lowest BCUT2D eigenvalue weighted by molar-refractivity contribution is 0.183. The molecule has 3 aromatic carbocycles. The van der Waals surface area contributed by atoms with E-state index in [9.17, 15) is 0 Å². The number of benzene rings is 3. The van der Waals surface area contributed by atoms with Crippen LogP contribution in [0.4, 0.5) is 0 Å². The number of hydrogen-bond donors (Lipinski definition) is 0. The first-order valence-corrected chi connectivity index (χ1v) is 9.49. The normalized spacial score (nSPS) is 12.3. The van der Waals surface area contributed by atoms with Crippen LogP contribution in [-0.4, -0.2) is 9.55 Å². The summed E-state index contributed by atoms with van der Waals surface area (Å²) < 4.78 is 8.23. The van der Waals surface area contributed by atoms with Gasteiger partial charge in [0.05, 0.1) is 27.9 Å². The molecule has 1 unspecified atom stereocenters. The van der Waals surface area contributed by atoms with Crippen LogP contribution in [0.3, 0.4) is 0 Å². The van der Waals surface area contributed by atoms with Crippen LogP contribution in [0.2, 0.25) is 15.1 Å². The number of halogens is 3. The van der Waals surface area contributed by atoms with E-state index in [0.29, 0.717) is 27.4 Å². The Kier molecular flexibility index (Phi) is 5.26. The standard InChI is InChI=1S/C21H15Cl3N2O/c22-18-10-17(11-19(23)21(18)24)27-20(12-26-8-7-25-13-26)16-6-5-14-3-1-2-4-15(14)9-16/h1-11,13,20H,12H2. The van der Waals surface area contributed by atoms with Gasteiger partial charge in [-0.15, -0.1) is 0 Å². The molecule has 0 bridgehead atoms. The van der Waals surface area contributed by atoms with Crippen molar-refractivity contribution >= 4 is 45.6 Å². The van der Waals surface area contributed by atoms with Crippen molar-refractivity contribution in [2.45, 2.75) is 12.6 Å². The van der Waals surface area contributed by atoms with Crippen LogP contribution >= 0.6 is 34.8 Å². The van der Waals surface area contributed by atoms with Crippen molar-refractivity contribution in [2.24, 2.45) is 0 Å². The van der Waals surface area contributed by atoms with Gasteiger partial charge in [0.25, 0.3) is 0 Å². The Morgan fingerprint density at radius 3 is 2.37 bits per heavy atom. The highest BCUT2D eigenvalue weighted by atomic mass is 35.5. The van der Waals surface area contributed by atoms with Crippen molar-refractivity contribution in [3.8, 4) is 5.75 Å². The fourth-order valence-corrected chi connectivity index (χ4v) is 3.55. The lowest BCUT2D eigenvalue weighted by Crippen LogP contribution is -2.14. The van der Waals surface area contributed by atoms with Gasteiger partial charge in [0, 0.05) is 24.5 Å². The Labute approximate surface area is 172 Å². The summed E-state index contributed by atoms with van der Waals surface area (Å²) in [5.74, 6) is 0.563. The fourth-order valence-electron chi connectivity index (χ4n) is 2.97. The number of ether oxygens (including phenoxy) is 1. The first kappa shape index (κ1) is 18.2. The fraction of sp³-hybridized carbons (Fsp3) is 0.0952. The number of nitrogens with zero attached hydrogens (tertiary/aromatic N) is 2.